The SMILES string of the molecule is COc1ccc2c(CC(=O)NCC(Cc3cccc(C)c3)C(=O)O)coc2c1. The van der Waals surface area contributed by atoms with Gasteiger partial charge in [0.2, 0.25) is 5.91 Å². The monoisotopic (exact) mass is 381 g/mol. The van der Waals surface area contributed by atoms with E-state index in [1.165, 1.54) is 0 Å². The van der Waals surface area contributed by atoms with Crippen LogP contribution in [0, 0.1) is 12.8 Å². The van der Waals surface area contributed by atoms with Crippen molar-refractivity contribution in [2.24, 2.45) is 5.92 Å². The number of aryl methyl sites for hydroxylation is 1. The van der Waals surface area contributed by atoms with Crippen molar-refractivity contribution in [3.63, 3.8) is 0 Å². The van der Waals surface area contributed by atoms with Crippen molar-refractivity contribution >= 4 is 22.8 Å². The van der Waals surface area contributed by atoms with E-state index in [-0.39, 0.29) is 18.9 Å². The van der Waals surface area contributed by atoms with Gasteiger partial charge in [-0.1, -0.05) is 29.8 Å². The van der Waals surface area contributed by atoms with E-state index in [9.17, 15) is 14.7 Å². The second kappa shape index (κ2) is 8.61. The average Bonchev–Trinajstić information content (AvgIpc) is 3.06. The minimum atomic E-state index is -0.928. The normalized spacial score (nSPS) is 11.9. The van der Waals surface area contributed by atoms with E-state index in [4.69, 9.17) is 9.15 Å². The fourth-order valence-corrected chi connectivity index (χ4v) is 3.17. The summed E-state index contributed by atoms with van der Waals surface area (Å²) in [5, 5.41) is 13.1. The van der Waals surface area contributed by atoms with Crippen LogP contribution in [0.1, 0.15) is 16.7 Å². The Morgan fingerprint density at radius 1 is 1.21 bits per heavy atom. The number of amides is 1. The molecule has 1 aromatic heterocycles. The molecule has 6 heteroatoms. The summed E-state index contributed by atoms with van der Waals surface area (Å²) in [7, 11) is 1.58. The van der Waals surface area contributed by atoms with Crippen molar-refractivity contribution in [1.82, 2.24) is 5.32 Å². The predicted octanol–water partition coefficient (Wildman–Crippen LogP) is 3.35. The summed E-state index contributed by atoms with van der Waals surface area (Å²) < 4.78 is 10.7. The van der Waals surface area contributed by atoms with Gasteiger partial charge in [0, 0.05) is 23.6 Å². The first kappa shape index (κ1) is 19.5. The van der Waals surface area contributed by atoms with Gasteiger partial charge in [0.1, 0.15) is 11.3 Å². The largest absolute Gasteiger partial charge is 0.497 e. The third kappa shape index (κ3) is 4.71. The molecule has 2 aromatic carbocycles. The van der Waals surface area contributed by atoms with Crippen LogP contribution in [0.2, 0.25) is 0 Å². The number of ether oxygens (including phenoxy) is 1. The van der Waals surface area contributed by atoms with E-state index >= 15 is 0 Å². The van der Waals surface area contributed by atoms with Crippen molar-refractivity contribution in [2.75, 3.05) is 13.7 Å². The zero-order valence-corrected chi connectivity index (χ0v) is 15.9. The number of nitrogens with one attached hydrogen (secondary N) is 1. The van der Waals surface area contributed by atoms with Crippen molar-refractivity contribution in [3.8, 4) is 5.75 Å². The molecule has 3 aromatic rings. The van der Waals surface area contributed by atoms with Crippen LogP contribution in [0.15, 0.2) is 53.1 Å². The van der Waals surface area contributed by atoms with Gasteiger partial charge in [-0.3, -0.25) is 9.59 Å². The smallest absolute Gasteiger partial charge is 0.308 e. The Labute approximate surface area is 163 Å². The van der Waals surface area contributed by atoms with Crippen molar-refractivity contribution in [3.05, 3.63) is 65.4 Å². The van der Waals surface area contributed by atoms with Crippen LogP contribution in [-0.2, 0) is 22.4 Å². The topological polar surface area (TPSA) is 88.8 Å². The molecule has 3 rings (SSSR count). The number of aliphatic carboxylic acids is 1. The summed E-state index contributed by atoms with van der Waals surface area (Å²) in [5.74, 6) is -1.17. The van der Waals surface area contributed by atoms with Crippen LogP contribution < -0.4 is 10.1 Å². The summed E-state index contributed by atoms with van der Waals surface area (Å²) in [4.78, 5) is 23.9. The number of carboxylic acid groups (broad SMARTS) is 1. The Bertz CT molecular complexity index is 992. The Morgan fingerprint density at radius 2 is 2.04 bits per heavy atom. The zero-order chi connectivity index (χ0) is 20.1. The molecule has 0 radical (unpaired) electrons. The van der Waals surface area contributed by atoms with Crippen molar-refractivity contribution in [1.29, 1.82) is 0 Å². The highest BCUT2D eigenvalue weighted by Crippen LogP contribution is 2.25. The molecule has 0 aliphatic heterocycles. The molecule has 0 aliphatic rings. The van der Waals surface area contributed by atoms with Gasteiger partial charge < -0.3 is 19.6 Å². The van der Waals surface area contributed by atoms with Gasteiger partial charge in [-0.05, 0) is 31.0 Å². The van der Waals surface area contributed by atoms with Crippen LogP contribution in [0.4, 0.5) is 0 Å². The van der Waals surface area contributed by atoms with E-state index in [1.54, 1.807) is 19.4 Å². The number of carboxylic acids is 1. The Kier molecular flexibility index (Phi) is 5.99. The minimum Gasteiger partial charge on any atom is -0.497 e. The molecule has 1 heterocycles. The average molecular weight is 381 g/mol. The first-order chi connectivity index (χ1) is 13.5. The zero-order valence-electron chi connectivity index (χ0n) is 15.9. The van der Waals surface area contributed by atoms with Crippen LogP contribution in [-0.4, -0.2) is 30.6 Å². The Balaban J connectivity index is 1.61. The third-order valence-electron chi connectivity index (χ3n) is 4.67. The van der Waals surface area contributed by atoms with Gasteiger partial charge >= 0.3 is 5.97 Å². The Morgan fingerprint density at radius 3 is 2.75 bits per heavy atom. The maximum atomic E-state index is 12.3. The number of fused-ring (bicyclic) bond motifs is 1. The molecule has 2 N–H and O–H groups in total. The number of hydrogen-bond acceptors (Lipinski definition) is 4. The lowest BCUT2D eigenvalue weighted by Crippen LogP contribution is -2.34. The molecular formula is C22H23NO5. The number of carbonyl (C=O) groups is 2. The fourth-order valence-electron chi connectivity index (χ4n) is 3.17. The Hall–Kier alpha value is -3.28. The van der Waals surface area contributed by atoms with Gasteiger partial charge in [-0.15, -0.1) is 0 Å². The second-order valence-electron chi connectivity index (χ2n) is 6.83. The molecule has 0 spiro atoms. The first-order valence-electron chi connectivity index (χ1n) is 9.05. The quantitative estimate of drug-likeness (QED) is 0.625. The van der Waals surface area contributed by atoms with Crippen LogP contribution >= 0.6 is 0 Å². The molecule has 0 saturated carbocycles. The number of furan rings is 1. The fraction of sp³-hybridized carbons (Fsp3) is 0.273. The molecule has 0 fully saturated rings. The lowest BCUT2D eigenvalue weighted by molar-refractivity contribution is -0.141. The van der Waals surface area contributed by atoms with Gasteiger partial charge in [-0.25, -0.2) is 0 Å². The first-order valence-corrected chi connectivity index (χ1v) is 9.05. The molecule has 0 saturated heterocycles. The highest BCUT2D eigenvalue weighted by atomic mass is 16.5. The highest BCUT2D eigenvalue weighted by Gasteiger charge is 2.20. The standard InChI is InChI=1S/C22H23NO5/c1-14-4-3-5-15(8-14)9-16(22(25)26)12-23-21(24)10-17-13-28-20-11-18(27-2)6-7-19(17)20/h3-8,11,13,16H,9-10,12H2,1-2H3,(H,23,24)(H,25,26). The highest BCUT2D eigenvalue weighted by molar-refractivity contribution is 5.88. The molecule has 1 atom stereocenters. The molecule has 0 aliphatic carbocycles. The van der Waals surface area contributed by atoms with E-state index < -0.39 is 11.9 Å². The van der Waals surface area contributed by atoms with E-state index in [1.807, 2.05) is 43.3 Å². The van der Waals surface area contributed by atoms with Crippen LogP contribution in [0.5, 0.6) is 5.75 Å². The van der Waals surface area contributed by atoms with Gasteiger partial charge in [0.15, 0.2) is 0 Å². The molecule has 6 nitrogen and oxygen atoms in total. The number of hydrogen-bond donors (Lipinski definition) is 2. The second-order valence-corrected chi connectivity index (χ2v) is 6.83. The predicted molar refractivity (Wildman–Crippen MR) is 105 cm³/mol. The van der Waals surface area contributed by atoms with Gasteiger partial charge in [0.05, 0.1) is 25.7 Å². The lowest BCUT2D eigenvalue weighted by Gasteiger charge is -2.14. The molecule has 1 amide bonds. The summed E-state index contributed by atoms with van der Waals surface area (Å²) in [6.45, 7) is 2.04. The number of methoxy groups -OCH3 is 1. The molecule has 1 unspecified atom stereocenters. The lowest BCUT2D eigenvalue weighted by atomic mass is 9.98. The number of carbonyl (C=O) groups excluding carboxylic acids is 1. The van der Waals surface area contributed by atoms with Crippen molar-refractivity contribution < 1.29 is 23.8 Å². The van der Waals surface area contributed by atoms with Crippen LogP contribution in [0.25, 0.3) is 11.0 Å². The van der Waals surface area contributed by atoms with E-state index in [0.717, 1.165) is 22.1 Å². The third-order valence-corrected chi connectivity index (χ3v) is 4.67. The van der Waals surface area contributed by atoms with Crippen molar-refractivity contribution in [2.45, 2.75) is 19.8 Å². The summed E-state index contributed by atoms with van der Waals surface area (Å²) in [5.41, 5.74) is 3.41. The van der Waals surface area contributed by atoms with E-state index in [0.29, 0.717) is 17.8 Å². The minimum absolute atomic E-state index is 0.0751. The summed E-state index contributed by atoms with van der Waals surface area (Å²) in [6.07, 6.45) is 2.03. The van der Waals surface area contributed by atoms with Crippen LogP contribution in [0.3, 0.4) is 0 Å². The number of rotatable bonds is 8. The van der Waals surface area contributed by atoms with Gasteiger partial charge in [0.25, 0.3) is 0 Å². The van der Waals surface area contributed by atoms with Gasteiger partial charge in [-0.2, -0.15) is 0 Å². The molecule has 0 bridgehead atoms. The maximum Gasteiger partial charge on any atom is 0.308 e. The summed E-state index contributed by atoms with van der Waals surface area (Å²) >= 11 is 0. The molecule has 146 valence electrons. The molecular weight excluding hydrogens is 358 g/mol. The van der Waals surface area contributed by atoms with E-state index in [2.05, 4.69) is 5.32 Å². The molecule has 28 heavy (non-hydrogen) atoms. The maximum absolute atomic E-state index is 12.3. The summed E-state index contributed by atoms with van der Waals surface area (Å²) in [6, 6.07) is 13.1. The number of benzene rings is 2.